The van der Waals surface area contributed by atoms with Gasteiger partial charge in [0.15, 0.2) is 6.17 Å². The van der Waals surface area contributed by atoms with Gasteiger partial charge in [-0.25, -0.2) is 17.6 Å². The van der Waals surface area contributed by atoms with E-state index in [4.69, 9.17) is 4.74 Å². The summed E-state index contributed by atoms with van der Waals surface area (Å²) in [6.45, 7) is 4.90. The van der Waals surface area contributed by atoms with Gasteiger partial charge in [-0.05, 0) is 106 Å². The van der Waals surface area contributed by atoms with E-state index in [2.05, 4.69) is 13.8 Å². The minimum absolute atomic E-state index is 0.0712. The number of rotatable bonds is 14. The molecule has 0 N–H and O–H groups in total. The molecule has 8 unspecified atom stereocenters. The zero-order chi connectivity index (χ0) is 29.2. The lowest BCUT2D eigenvalue weighted by molar-refractivity contribution is -0.0881. The van der Waals surface area contributed by atoms with Crippen molar-refractivity contribution in [1.82, 2.24) is 0 Å². The van der Waals surface area contributed by atoms with Crippen LogP contribution in [0.2, 0.25) is 0 Å². The molecule has 0 bridgehead atoms. The van der Waals surface area contributed by atoms with Gasteiger partial charge in [-0.2, -0.15) is 0 Å². The maximum atomic E-state index is 15.4. The van der Waals surface area contributed by atoms with Crippen LogP contribution in [0.25, 0.3) is 0 Å². The molecule has 0 aromatic carbocycles. The van der Waals surface area contributed by atoms with Gasteiger partial charge in [0.2, 0.25) is 0 Å². The second-order valence-corrected chi connectivity index (χ2v) is 14.8. The van der Waals surface area contributed by atoms with Crippen molar-refractivity contribution >= 4 is 0 Å². The number of alkyl halides is 4. The summed E-state index contributed by atoms with van der Waals surface area (Å²) in [5, 5.41) is 0. The molecule has 5 heteroatoms. The Morgan fingerprint density at radius 2 is 1.02 bits per heavy atom. The molecule has 0 heterocycles. The average Bonchev–Trinajstić information content (AvgIpc) is 2.99. The molecule has 240 valence electrons. The highest BCUT2D eigenvalue weighted by Gasteiger charge is 2.46. The molecule has 0 radical (unpaired) electrons. The molecule has 0 amide bonds. The van der Waals surface area contributed by atoms with Crippen molar-refractivity contribution in [2.75, 3.05) is 6.61 Å². The Bertz CT molecular complexity index is 704. The van der Waals surface area contributed by atoms with Gasteiger partial charge in [0.1, 0.15) is 18.5 Å². The van der Waals surface area contributed by atoms with E-state index in [9.17, 15) is 4.39 Å². The van der Waals surface area contributed by atoms with Crippen LogP contribution in [0.5, 0.6) is 0 Å². The Morgan fingerprint density at radius 1 is 0.488 bits per heavy atom. The van der Waals surface area contributed by atoms with Crippen LogP contribution in [-0.2, 0) is 4.74 Å². The normalized spacial score (nSPS) is 42.3. The van der Waals surface area contributed by atoms with Gasteiger partial charge in [-0.15, -0.1) is 0 Å². The smallest absolute Gasteiger partial charge is 0.157 e. The van der Waals surface area contributed by atoms with Crippen molar-refractivity contribution in [1.29, 1.82) is 0 Å². The molecule has 0 saturated heterocycles. The predicted molar refractivity (Wildman–Crippen MR) is 162 cm³/mol. The fourth-order valence-electron chi connectivity index (χ4n) is 9.34. The first-order chi connectivity index (χ1) is 19.9. The van der Waals surface area contributed by atoms with Crippen molar-refractivity contribution in [3.05, 3.63) is 0 Å². The molecule has 4 rings (SSSR count). The zero-order valence-electron chi connectivity index (χ0n) is 26.4. The number of hydrogen-bond donors (Lipinski definition) is 0. The fraction of sp³-hybridized carbons (Fsp3) is 1.00. The first-order valence-corrected chi connectivity index (χ1v) is 18.1. The van der Waals surface area contributed by atoms with E-state index in [1.54, 1.807) is 0 Å². The van der Waals surface area contributed by atoms with E-state index < -0.39 is 30.8 Å². The third-order valence-corrected chi connectivity index (χ3v) is 12.1. The minimum atomic E-state index is -1.50. The molecule has 41 heavy (non-hydrogen) atoms. The fourth-order valence-corrected chi connectivity index (χ4v) is 9.34. The monoisotopic (exact) mass is 586 g/mol. The second kappa shape index (κ2) is 17.2. The summed E-state index contributed by atoms with van der Waals surface area (Å²) in [6.07, 6.45) is 15.6. The molecule has 4 aliphatic rings. The summed E-state index contributed by atoms with van der Waals surface area (Å²) in [7, 11) is 0. The second-order valence-electron chi connectivity index (χ2n) is 14.8. The molecule has 0 aromatic rings. The Kier molecular flexibility index (Phi) is 14.1. The van der Waals surface area contributed by atoms with Gasteiger partial charge in [0.25, 0.3) is 0 Å². The lowest BCUT2D eigenvalue weighted by Gasteiger charge is -2.42. The van der Waals surface area contributed by atoms with Crippen LogP contribution < -0.4 is 0 Å². The zero-order valence-corrected chi connectivity index (χ0v) is 26.4. The Balaban J connectivity index is 1.13. The van der Waals surface area contributed by atoms with Gasteiger partial charge in [-0.3, -0.25) is 0 Å². The van der Waals surface area contributed by atoms with Crippen LogP contribution in [0.3, 0.4) is 0 Å². The number of hydrogen-bond acceptors (Lipinski definition) is 1. The molecule has 0 aliphatic heterocycles. The van der Waals surface area contributed by atoms with E-state index >= 15 is 13.2 Å². The molecule has 1 nitrogen and oxygen atoms in total. The molecular weight excluding hydrogens is 524 g/mol. The van der Waals surface area contributed by atoms with Crippen LogP contribution in [0.4, 0.5) is 17.6 Å². The van der Waals surface area contributed by atoms with Crippen molar-refractivity contribution in [3.63, 3.8) is 0 Å². The maximum Gasteiger partial charge on any atom is 0.157 e. The third-order valence-electron chi connectivity index (χ3n) is 12.1. The third kappa shape index (κ3) is 9.34. The van der Waals surface area contributed by atoms with Crippen molar-refractivity contribution < 1.29 is 22.3 Å². The topological polar surface area (TPSA) is 9.23 Å². The molecule has 0 aromatic heterocycles. The molecule has 4 fully saturated rings. The summed E-state index contributed by atoms with van der Waals surface area (Å²) in [6, 6.07) is 0. The summed E-state index contributed by atoms with van der Waals surface area (Å²) in [5.41, 5.74) is 0. The van der Waals surface area contributed by atoms with Crippen LogP contribution in [0.1, 0.15) is 149 Å². The Labute approximate surface area is 249 Å². The highest BCUT2D eigenvalue weighted by molar-refractivity contribution is 4.95. The average molecular weight is 587 g/mol. The molecule has 8 atom stereocenters. The van der Waals surface area contributed by atoms with Crippen LogP contribution >= 0.6 is 0 Å². The van der Waals surface area contributed by atoms with Crippen molar-refractivity contribution in [2.24, 2.45) is 41.4 Å². The first-order valence-electron chi connectivity index (χ1n) is 18.1. The van der Waals surface area contributed by atoms with Gasteiger partial charge in [-0.1, -0.05) is 84.5 Å². The standard InChI is InChI=1S/C36H62F4O/c1-3-5-7-9-25-10-15-27(16-11-25)30-21-20-29(33(37)34(30)38)19-14-26-12-17-28(18-13-26)31-22-23-32(36(40)35(31)39)41-24-8-6-4-2/h25-36H,3-24H2,1-2H3. The lowest BCUT2D eigenvalue weighted by atomic mass is 9.66. The van der Waals surface area contributed by atoms with Crippen molar-refractivity contribution in [3.8, 4) is 0 Å². The van der Waals surface area contributed by atoms with Crippen molar-refractivity contribution in [2.45, 2.75) is 179 Å². The van der Waals surface area contributed by atoms with Gasteiger partial charge >= 0.3 is 0 Å². The quantitative estimate of drug-likeness (QED) is 0.145. The van der Waals surface area contributed by atoms with Crippen LogP contribution in [0, 0.1) is 41.4 Å². The highest BCUT2D eigenvalue weighted by Crippen LogP contribution is 2.47. The van der Waals surface area contributed by atoms with E-state index in [0.29, 0.717) is 24.9 Å². The van der Waals surface area contributed by atoms with Crippen LogP contribution in [0.15, 0.2) is 0 Å². The summed E-state index contributed by atoms with van der Waals surface area (Å²) in [5.74, 6) is 1.56. The van der Waals surface area contributed by atoms with Gasteiger partial charge < -0.3 is 4.74 Å². The van der Waals surface area contributed by atoms with E-state index in [1.807, 2.05) is 0 Å². The summed E-state index contributed by atoms with van der Waals surface area (Å²) >= 11 is 0. The SMILES string of the molecule is CCCCCOC1CCC(C2CCC(CCC3CCC(C4CCC(CCCCC)CC4)C(F)C3F)CC2)C(F)C1F. The molecular formula is C36H62F4O. The molecule has 0 spiro atoms. The minimum Gasteiger partial charge on any atom is -0.375 e. The van der Waals surface area contributed by atoms with E-state index in [1.165, 1.54) is 38.5 Å². The van der Waals surface area contributed by atoms with Crippen LogP contribution in [-0.4, -0.2) is 37.4 Å². The Hall–Kier alpha value is -0.320. The summed E-state index contributed by atoms with van der Waals surface area (Å²) < 4.78 is 66.5. The largest absolute Gasteiger partial charge is 0.375 e. The first kappa shape index (κ1) is 33.6. The summed E-state index contributed by atoms with van der Waals surface area (Å²) in [4.78, 5) is 0. The molecule has 4 saturated carbocycles. The van der Waals surface area contributed by atoms with Gasteiger partial charge in [0, 0.05) is 6.61 Å². The molecule has 4 aliphatic carbocycles. The highest BCUT2D eigenvalue weighted by atomic mass is 19.2. The van der Waals surface area contributed by atoms with Gasteiger partial charge in [0.05, 0.1) is 6.10 Å². The Morgan fingerprint density at radius 3 is 1.63 bits per heavy atom. The number of ether oxygens (including phenoxy) is 1. The maximum absolute atomic E-state index is 15.4. The lowest BCUT2D eigenvalue weighted by Crippen LogP contribution is -2.46. The number of halogens is 4. The van der Waals surface area contributed by atoms with E-state index in [0.717, 1.165) is 95.8 Å². The predicted octanol–water partition coefficient (Wildman–Crippen LogP) is 11.3. The number of unbranched alkanes of at least 4 members (excludes halogenated alkanes) is 4. The van der Waals surface area contributed by atoms with E-state index in [-0.39, 0.29) is 23.7 Å².